The number of aromatic nitrogens is 1. The van der Waals surface area contributed by atoms with E-state index >= 15 is 0 Å². The quantitative estimate of drug-likeness (QED) is 0.328. The fourth-order valence-electron chi connectivity index (χ4n) is 3.58. The van der Waals surface area contributed by atoms with E-state index in [0.717, 1.165) is 42.4 Å². The number of nitrogens with one attached hydrogen (secondary N) is 2. The summed E-state index contributed by atoms with van der Waals surface area (Å²) in [6, 6.07) is 6.01. The van der Waals surface area contributed by atoms with Crippen LogP contribution in [0.25, 0.3) is 0 Å². The van der Waals surface area contributed by atoms with Crippen LogP contribution >= 0.6 is 0 Å². The molecule has 2 atom stereocenters. The van der Waals surface area contributed by atoms with E-state index < -0.39 is 0 Å². The summed E-state index contributed by atoms with van der Waals surface area (Å²) < 4.78 is 0. The molecule has 1 fully saturated rings. The molecule has 0 unspecified atom stereocenters. The molecule has 2 heterocycles. The average Bonchev–Trinajstić information content (AvgIpc) is 3.12. The molecule has 8 heteroatoms. The Hall–Kier alpha value is -3.08. The van der Waals surface area contributed by atoms with E-state index in [1.54, 1.807) is 12.3 Å². The molecule has 0 radical (unpaired) electrons. The number of hydrogen-bond donors (Lipinski definition) is 3. The van der Waals surface area contributed by atoms with Crippen molar-refractivity contribution in [1.82, 2.24) is 15.2 Å². The van der Waals surface area contributed by atoms with Crippen LogP contribution in [0.15, 0.2) is 39.9 Å². The number of amidine groups is 1. The standard InChI is InChI=1S/C18H24N8/c1-12-17(21-2)22-7-8-26(12)18(25-20)14-4-5-15(9-14)24-16-6-3-13(10-19)11-23-16/h3,6-7,11,14-15,21H,4-5,8-9,20H2,1-2H3,(H,23,24)/b25-18-/t14-,15+/m0/s1. The molecule has 4 N–H and O–H groups in total. The highest BCUT2D eigenvalue weighted by molar-refractivity contribution is 5.89. The number of nitriles is 1. The smallest absolute Gasteiger partial charge is 0.144 e. The monoisotopic (exact) mass is 352 g/mol. The second-order valence-electron chi connectivity index (χ2n) is 6.49. The summed E-state index contributed by atoms with van der Waals surface area (Å²) in [5.41, 5.74) is 1.59. The zero-order valence-electron chi connectivity index (χ0n) is 15.1. The molecule has 1 saturated carbocycles. The number of allylic oxidation sites excluding steroid dienone is 1. The van der Waals surface area contributed by atoms with Crippen LogP contribution in [0.2, 0.25) is 0 Å². The fourth-order valence-corrected chi connectivity index (χ4v) is 3.58. The Labute approximate surface area is 153 Å². The number of anilines is 1. The molecule has 0 amide bonds. The number of nitrogens with zero attached hydrogens (tertiary/aromatic N) is 5. The van der Waals surface area contributed by atoms with Gasteiger partial charge in [-0.25, -0.2) is 9.98 Å². The van der Waals surface area contributed by atoms with E-state index in [4.69, 9.17) is 11.1 Å². The molecule has 0 bridgehead atoms. The van der Waals surface area contributed by atoms with Gasteiger partial charge < -0.3 is 21.4 Å². The van der Waals surface area contributed by atoms with Crippen LogP contribution in [0.5, 0.6) is 0 Å². The van der Waals surface area contributed by atoms with Crippen LogP contribution < -0.4 is 16.5 Å². The number of pyridine rings is 1. The summed E-state index contributed by atoms with van der Waals surface area (Å²) >= 11 is 0. The average molecular weight is 352 g/mol. The van der Waals surface area contributed by atoms with Gasteiger partial charge in [-0.3, -0.25) is 0 Å². The van der Waals surface area contributed by atoms with Crippen molar-refractivity contribution in [3.8, 4) is 6.07 Å². The van der Waals surface area contributed by atoms with Gasteiger partial charge in [0.25, 0.3) is 0 Å². The minimum atomic E-state index is 0.287. The molecule has 2 aliphatic rings. The van der Waals surface area contributed by atoms with Crippen molar-refractivity contribution in [1.29, 1.82) is 5.26 Å². The molecular weight excluding hydrogens is 328 g/mol. The third-order valence-corrected chi connectivity index (χ3v) is 4.92. The summed E-state index contributed by atoms with van der Waals surface area (Å²) in [4.78, 5) is 10.8. The van der Waals surface area contributed by atoms with Crippen molar-refractivity contribution in [2.75, 3.05) is 18.9 Å². The Morgan fingerprint density at radius 2 is 2.27 bits per heavy atom. The Kier molecular flexibility index (Phi) is 5.37. The molecular formula is C18H24N8. The Bertz CT molecular complexity index is 771. The van der Waals surface area contributed by atoms with Gasteiger partial charge in [-0.1, -0.05) is 0 Å². The van der Waals surface area contributed by atoms with E-state index in [9.17, 15) is 0 Å². The van der Waals surface area contributed by atoms with Crippen LogP contribution in [0.3, 0.4) is 0 Å². The maximum absolute atomic E-state index is 8.86. The van der Waals surface area contributed by atoms with Crippen LogP contribution in [-0.4, -0.2) is 41.6 Å². The largest absolute Gasteiger partial charge is 0.372 e. The predicted molar refractivity (Wildman–Crippen MR) is 102 cm³/mol. The minimum Gasteiger partial charge on any atom is -0.372 e. The normalized spacial score (nSPS) is 23.1. The minimum absolute atomic E-state index is 0.287. The second kappa shape index (κ2) is 7.87. The van der Waals surface area contributed by atoms with Crippen LogP contribution in [0.1, 0.15) is 31.7 Å². The fraction of sp³-hybridized carbons (Fsp3) is 0.444. The number of hydrazone groups is 1. The zero-order valence-corrected chi connectivity index (χ0v) is 15.1. The van der Waals surface area contributed by atoms with Crippen molar-refractivity contribution < 1.29 is 0 Å². The topological polar surface area (TPSA) is 115 Å². The molecule has 0 saturated heterocycles. The van der Waals surface area contributed by atoms with Crippen molar-refractivity contribution in [2.45, 2.75) is 32.2 Å². The predicted octanol–water partition coefficient (Wildman–Crippen LogP) is 1.60. The van der Waals surface area contributed by atoms with Gasteiger partial charge in [-0.15, -0.1) is 0 Å². The summed E-state index contributed by atoms with van der Waals surface area (Å²) in [6.45, 7) is 2.71. The first-order valence-electron chi connectivity index (χ1n) is 8.75. The second-order valence-corrected chi connectivity index (χ2v) is 6.49. The summed E-state index contributed by atoms with van der Waals surface area (Å²) in [5.74, 6) is 8.58. The highest BCUT2D eigenvalue weighted by Gasteiger charge is 2.32. The summed E-state index contributed by atoms with van der Waals surface area (Å²) in [5, 5.41) is 19.5. The van der Waals surface area contributed by atoms with Gasteiger partial charge in [0.05, 0.1) is 17.8 Å². The Morgan fingerprint density at radius 3 is 2.92 bits per heavy atom. The van der Waals surface area contributed by atoms with Crippen molar-refractivity contribution >= 4 is 17.9 Å². The van der Waals surface area contributed by atoms with Gasteiger partial charge in [-0.2, -0.15) is 10.4 Å². The van der Waals surface area contributed by atoms with Crippen molar-refractivity contribution in [3.05, 3.63) is 35.4 Å². The maximum atomic E-state index is 8.86. The van der Waals surface area contributed by atoms with Gasteiger partial charge in [0.15, 0.2) is 0 Å². The zero-order chi connectivity index (χ0) is 18.5. The lowest BCUT2D eigenvalue weighted by atomic mass is 10.0. The third-order valence-electron chi connectivity index (χ3n) is 4.92. The molecule has 1 aromatic rings. The lowest BCUT2D eigenvalue weighted by molar-refractivity contribution is 0.505. The van der Waals surface area contributed by atoms with Crippen LogP contribution in [0.4, 0.5) is 5.82 Å². The molecule has 1 aliphatic heterocycles. The molecule has 26 heavy (non-hydrogen) atoms. The molecule has 0 spiro atoms. The van der Waals surface area contributed by atoms with Gasteiger partial charge >= 0.3 is 0 Å². The lowest BCUT2D eigenvalue weighted by Crippen LogP contribution is -2.40. The van der Waals surface area contributed by atoms with E-state index in [1.807, 2.05) is 26.3 Å². The SMILES string of the molecule is CNC1=C(C)N(/C(=N\N)[C@H]2CC[C@@H](Nc3ccc(C#N)cn3)C2)CC=N1. The third kappa shape index (κ3) is 3.61. The van der Waals surface area contributed by atoms with E-state index in [-0.39, 0.29) is 5.92 Å². The van der Waals surface area contributed by atoms with Gasteiger partial charge in [0.2, 0.25) is 0 Å². The molecule has 3 rings (SSSR count). The first-order valence-corrected chi connectivity index (χ1v) is 8.75. The molecule has 0 aromatic carbocycles. The van der Waals surface area contributed by atoms with E-state index in [2.05, 4.69) is 36.7 Å². The molecule has 1 aliphatic carbocycles. The number of rotatable bonds is 4. The van der Waals surface area contributed by atoms with Crippen molar-refractivity contribution in [3.63, 3.8) is 0 Å². The molecule has 1 aromatic heterocycles. The van der Waals surface area contributed by atoms with Gasteiger partial charge in [0, 0.05) is 31.4 Å². The maximum Gasteiger partial charge on any atom is 0.144 e. The van der Waals surface area contributed by atoms with Gasteiger partial charge in [-0.05, 0) is 38.3 Å². The number of hydrogen-bond acceptors (Lipinski definition) is 7. The Morgan fingerprint density at radius 1 is 1.42 bits per heavy atom. The van der Waals surface area contributed by atoms with Gasteiger partial charge in [0.1, 0.15) is 23.5 Å². The first kappa shape index (κ1) is 17.7. The van der Waals surface area contributed by atoms with Crippen LogP contribution in [0, 0.1) is 17.2 Å². The first-order chi connectivity index (χ1) is 12.7. The lowest BCUT2D eigenvalue weighted by Gasteiger charge is -2.31. The Balaban J connectivity index is 1.66. The number of aliphatic imine (C=N–C) groups is 1. The molecule has 136 valence electrons. The van der Waals surface area contributed by atoms with E-state index in [0.29, 0.717) is 18.2 Å². The molecule has 8 nitrogen and oxygen atoms in total. The highest BCUT2D eigenvalue weighted by Crippen LogP contribution is 2.31. The summed E-state index contributed by atoms with van der Waals surface area (Å²) in [7, 11) is 1.86. The number of nitrogens with two attached hydrogens (primary N) is 1. The van der Waals surface area contributed by atoms with Crippen molar-refractivity contribution in [2.24, 2.45) is 21.9 Å². The highest BCUT2D eigenvalue weighted by atomic mass is 15.3. The van der Waals surface area contributed by atoms with Crippen LogP contribution in [-0.2, 0) is 0 Å². The summed E-state index contributed by atoms with van der Waals surface area (Å²) in [6.07, 6.45) is 6.43. The van der Waals surface area contributed by atoms with E-state index in [1.165, 1.54) is 0 Å².